The van der Waals surface area contributed by atoms with Crippen LogP contribution in [0.4, 0.5) is 5.13 Å². The van der Waals surface area contributed by atoms with Crippen LogP contribution in [0.3, 0.4) is 0 Å². The topological polar surface area (TPSA) is 71.2 Å². The fraction of sp³-hybridized carbons (Fsp3) is 0.667. The number of hydrogen-bond acceptors (Lipinski definition) is 5. The maximum atomic E-state index is 11.4. The summed E-state index contributed by atoms with van der Waals surface area (Å²) >= 11 is 1.48. The van der Waals surface area contributed by atoms with Crippen molar-refractivity contribution >= 4 is 22.4 Å². The monoisotopic (exact) mass is 268 g/mol. The molecule has 3 N–H and O–H groups in total. The Balaban J connectivity index is 1.83. The minimum atomic E-state index is -0.0589. The number of nitrogens with zero attached hydrogens (tertiary/aromatic N) is 2. The van der Waals surface area contributed by atoms with Gasteiger partial charge in [-0.25, -0.2) is 4.98 Å². The molecule has 2 rings (SSSR count). The van der Waals surface area contributed by atoms with Crippen molar-refractivity contribution in [3.05, 3.63) is 11.1 Å². The van der Waals surface area contributed by atoms with Gasteiger partial charge >= 0.3 is 0 Å². The minimum Gasteiger partial charge on any atom is -0.330 e. The van der Waals surface area contributed by atoms with Crippen LogP contribution in [-0.2, 0) is 11.3 Å². The summed E-state index contributed by atoms with van der Waals surface area (Å²) in [6.45, 7) is 3.58. The Bertz CT molecular complexity index is 387. The van der Waals surface area contributed by atoms with Crippen molar-refractivity contribution < 1.29 is 4.79 Å². The van der Waals surface area contributed by atoms with Crippen LogP contribution in [0.25, 0.3) is 0 Å². The number of carbonyl (C=O) groups excluding carboxylic acids is 1. The van der Waals surface area contributed by atoms with E-state index in [0.29, 0.717) is 18.1 Å². The molecule has 1 aliphatic rings. The van der Waals surface area contributed by atoms with E-state index in [1.54, 1.807) is 0 Å². The van der Waals surface area contributed by atoms with Gasteiger partial charge in [0.15, 0.2) is 5.13 Å². The van der Waals surface area contributed by atoms with Crippen molar-refractivity contribution in [3.8, 4) is 0 Å². The van der Waals surface area contributed by atoms with Gasteiger partial charge in [-0.2, -0.15) is 0 Å². The van der Waals surface area contributed by atoms with Crippen LogP contribution in [0.1, 0.15) is 31.4 Å². The third kappa shape index (κ3) is 4.04. The quantitative estimate of drug-likeness (QED) is 0.847. The minimum absolute atomic E-state index is 0.0589. The first-order valence-corrected chi connectivity index (χ1v) is 7.32. The van der Waals surface area contributed by atoms with Crippen molar-refractivity contribution in [1.82, 2.24) is 9.88 Å². The number of thiazole rings is 1. The van der Waals surface area contributed by atoms with Gasteiger partial charge in [0, 0.05) is 24.9 Å². The molecule has 1 aliphatic heterocycles. The van der Waals surface area contributed by atoms with Crippen molar-refractivity contribution in [1.29, 1.82) is 0 Å². The Morgan fingerprint density at radius 1 is 1.44 bits per heavy atom. The average Bonchev–Trinajstić information content (AvgIpc) is 2.78. The normalized spacial score (nSPS) is 16.7. The second kappa shape index (κ2) is 6.82. The number of rotatable bonds is 5. The first kappa shape index (κ1) is 13.5. The molecule has 0 aliphatic carbocycles. The molecule has 0 spiro atoms. The molecule has 0 bridgehead atoms. The van der Waals surface area contributed by atoms with Gasteiger partial charge in [-0.15, -0.1) is 11.3 Å². The summed E-state index contributed by atoms with van der Waals surface area (Å²) in [6.07, 6.45) is 4.25. The Morgan fingerprint density at radius 3 is 2.94 bits per heavy atom. The van der Waals surface area contributed by atoms with Crippen LogP contribution in [0.5, 0.6) is 0 Å². The molecule has 100 valence electrons. The molecule has 0 unspecified atom stereocenters. The fourth-order valence-corrected chi connectivity index (χ4v) is 2.81. The summed E-state index contributed by atoms with van der Waals surface area (Å²) in [4.78, 5) is 18.2. The SMILES string of the molecule is NCCC(=O)Nc1nc(CN2CCCCC2)cs1. The summed E-state index contributed by atoms with van der Waals surface area (Å²) in [6, 6.07) is 0. The zero-order valence-electron chi connectivity index (χ0n) is 10.5. The number of aromatic nitrogens is 1. The van der Waals surface area contributed by atoms with E-state index in [-0.39, 0.29) is 5.91 Å². The molecule has 1 fully saturated rings. The molecule has 5 nitrogen and oxygen atoms in total. The number of nitrogens with one attached hydrogen (secondary N) is 1. The Morgan fingerprint density at radius 2 is 2.22 bits per heavy atom. The Hall–Kier alpha value is -0.980. The first-order valence-electron chi connectivity index (χ1n) is 6.44. The summed E-state index contributed by atoms with van der Waals surface area (Å²) in [5.41, 5.74) is 6.37. The van der Waals surface area contributed by atoms with Crippen molar-refractivity contribution in [2.75, 3.05) is 25.0 Å². The lowest BCUT2D eigenvalue weighted by Crippen LogP contribution is -2.29. The number of nitrogens with two attached hydrogens (primary N) is 1. The van der Waals surface area contributed by atoms with Crippen molar-refractivity contribution in [2.24, 2.45) is 5.73 Å². The van der Waals surface area contributed by atoms with Crippen LogP contribution < -0.4 is 11.1 Å². The van der Waals surface area contributed by atoms with Crippen molar-refractivity contribution in [3.63, 3.8) is 0 Å². The highest BCUT2D eigenvalue weighted by Crippen LogP contribution is 2.18. The number of likely N-dealkylation sites (tertiary alicyclic amines) is 1. The fourth-order valence-electron chi connectivity index (χ4n) is 2.10. The van der Waals surface area contributed by atoms with Gasteiger partial charge in [0.05, 0.1) is 5.69 Å². The molecule has 2 heterocycles. The van der Waals surface area contributed by atoms with E-state index < -0.39 is 0 Å². The number of anilines is 1. The van der Waals surface area contributed by atoms with Gasteiger partial charge in [-0.3, -0.25) is 9.69 Å². The molecule has 1 aromatic heterocycles. The lowest BCUT2D eigenvalue weighted by Gasteiger charge is -2.25. The third-order valence-electron chi connectivity index (χ3n) is 3.00. The molecule has 0 atom stereocenters. The van der Waals surface area contributed by atoms with Gasteiger partial charge < -0.3 is 11.1 Å². The van der Waals surface area contributed by atoms with E-state index in [9.17, 15) is 4.79 Å². The predicted molar refractivity (Wildman–Crippen MR) is 73.5 cm³/mol. The number of piperidine rings is 1. The highest BCUT2D eigenvalue weighted by Gasteiger charge is 2.12. The zero-order chi connectivity index (χ0) is 12.8. The van der Waals surface area contributed by atoms with E-state index in [1.807, 2.05) is 5.38 Å². The highest BCUT2D eigenvalue weighted by molar-refractivity contribution is 7.13. The molecule has 1 amide bonds. The average molecular weight is 268 g/mol. The molecule has 1 aromatic rings. The second-order valence-electron chi connectivity index (χ2n) is 4.57. The van der Waals surface area contributed by atoms with Crippen LogP contribution >= 0.6 is 11.3 Å². The lowest BCUT2D eigenvalue weighted by atomic mass is 10.1. The molecule has 0 saturated carbocycles. The number of hydrogen-bond donors (Lipinski definition) is 2. The Labute approximate surface area is 111 Å². The summed E-state index contributed by atoms with van der Waals surface area (Å²) in [5.74, 6) is -0.0589. The molecule has 6 heteroatoms. The number of carbonyl (C=O) groups is 1. The van der Waals surface area contributed by atoms with E-state index in [0.717, 1.165) is 25.3 Å². The Kier molecular flexibility index (Phi) is 5.10. The molecular formula is C12H20N4OS. The van der Waals surface area contributed by atoms with Crippen LogP contribution in [-0.4, -0.2) is 35.4 Å². The van der Waals surface area contributed by atoms with E-state index in [2.05, 4.69) is 15.2 Å². The van der Waals surface area contributed by atoms with E-state index in [4.69, 9.17) is 5.73 Å². The number of amides is 1. The molecule has 0 aromatic carbocycles. The molecule has 18 heavy (non-hydrogen) atoms. The highest BCUT2D eigenvalue weighted by atomic mass is 32.1. The van der Waals surface area contributed by atoms with Gasteiger partial charge in [0.1, 0.15) is 0 Å². The van der Waals surface area contributed by atoms with Crippen LogP contribution in [0.2, 0.25) is 0 Å². The van der Waals surface area contributed by atoms with Gasteiger partial charge in [0.2, 0.25) is 5.91 Å². The maximum Gasteiger partial charge on any atom is 0.227 e. The first-order chi connectivity index (χ1) is 8.78. The lowest BCUT2D eigenvalue weighted by molar-refractivity contribution is -0.116. The zero-order valence-corrected chi connectivity index (χ0v) is 11.3. The molecule has 0 radical (unpaired) electrons. The van der Waals surface area contributed by atoms with Gasteiger partial charge in [-0.1, -0.05) is 6.42 Å². The predicted octanol–water partition coefficient (Wildman–Crippen LogP) is 1.42. The smallest absolute Gasteiger partial charge is 0.227 e. The molecular weight excluding hydrogens is 248 g/mol. The van der Waals surface area contributed by atoms with Gasteiger partial charge in [-0.05, 0) is 25.9 Å². The van der Waals surface area contributed by atoms with Gasteiger partial charge in [0.25, 0.3) is 0 Å². The van der Waals surface area contributed by atoms with Crippen LogP contribution in [0, 0.1) is 0 Å². The largest absolute Gasteiger partial charge is 0.330 e. The standard InChI is InChI=1S/C12H20N4OS/c13-5-4-11(17)15-12-14-10(9-18-12)8-16-6-2-1-3-7-16/h9H,1-8,13H2,(H,14,15,17). The van der Waals surface area contributed by atoms with Crippen molar-refractivity contribution in [2.45, 2.75) is 32.2 Å². The summed E-state index contributed by atoms with van der Waals surface area (Å²) < 4.78 is 0. The van der Waals surface area contributed by atoms with E-state index >= 15 is 0 Å². The van der Waals surface area contributed by atoms with Crippen LogP contribution in [0.15, 0.2) is 5.38 Å². The van der Waals surface area contributed by atoms with E-state index in [1.165, 1.54) is 30.6 Å². The third-order valence-corrected chi connectivity index (χ3v) is 3.81. The summed E-state index contributed by atoms with van der Waals surface area (Å²) in [5, 5.41) is 5.47. The maximum absolute atomic E-state index is 11.4. The second-order valence-corrected chi connectivity index (χ2v) is 5.43. The summed E-state index contributed by atoms with van der Waals surface area (Å²) in [7, 11) is 0. The molecule has 1 saturated heterocycles.